The molecule has 1 unspecified atom stereocenters. The maximum atomic E-state index is 12.9. The Morgan fingerprint density at radius 1 is 1.17 bits per heavy atom. The number of hydrogen-bond acceptors (Lipinski definition) is 6. The molecule has 0 spiro atoms. The van der Waals surface area contributed by atoms with E-state index in [4.69, 9.17) is 5.26 Å². The molecule has 2 aromatic carbocycles. The summed E-state index contributed by atoms with van der Waals surface area (Å²) in [5.74, 6) is 0.714. The van der Waals surface area contributed by atoms with Crippen LogP contribution in [0.3, 0.4) is 0 Å². The predicted molar refractivity (Wildman–Crippen MR) is 119 cm³/mol. The number of rotatable bonds is 5. The molecule has 1 aromatic heterocycles. The fraction of sp³-hybridized carbons (Fsp3) is 0.182. The third-order valence-corrected chi connectivity index (χ3v) is 6.64. The van der Waals surface area contributed by atoms with Crippen LogP contribution in [0.1, 0.15) is 11.3 Å². The van der Waals surface area contributed by atoms with E-state index >= 15 is 0 Å². The zero-order valence-electron chi connectivity index (χ0n) is 15.9. The molecule has 0 aliphatic carbocycles. The van der Waals surface area contributed by atoms with Crippen LogP contribution in [0, 0.1) is 11.3 Å². The number of benzene rings is 2. The van der Waals surface area contributed by atoms with Gasteiger partial charge in [-0.25, -0.2) is 4.98 Å². The van der Waals surface area contributed by atoms with Crippen LogP contribution in [0.2, 0.25) is 0 Å². The van der Waals surface area contributed by atoms with Crippen LogP contribution in [-0.2, 0) is 16.0 Å². The number of aromatic nitrogens is 1. The number of nitrogens with zero attached hydrogens (tertiary/aromatic N) is 3. The van der Waals surface area contributed by atoms with Crippen LogP contribution in [0.5, 0.6) is 0 Å². The van der Waals surface area contributed by atoms with E-state index < -0.39 is 6.04 Å². The molecule has 1 atom stereocenters. The molecule has 1 saturated heterocycles. The molecule has 0 radical (unpaired) electrons. The maximum absolute atomic E-state index is 12.9. The number of carbonyl (C=O) groups is 2. The summed E-state index contributed by atoms with van der Waals surface area (Å²) in [4.78, 5) is 31.8. The Bertz CT molecular complexity index is 1090. The average molecular weight is 435 g/mol. The monoisotopic (exact) mass is 434 g/mol. The number of thioether (sulfide) groups is 1. The summed E-state index contributed by atoms with van der Waals surface area (Å²) in [5, 5.41) is 14.5. The summed E-state index contributed by atoms with van der Waals surface area (Å²) in [6, 6.07) is 18.0. The predicted octanol–water partition coefficient (Wildman–Crippen LogP) is 3.76. The van der Waals surface area contributed by atoms with Crippen LogP contribution >= 0.6 is 23.1 Å². The van der Waals surface area contributed by atoms with E-state index in [0.29, 0.717) is 28.6 Å². The largest absolute Gasteiger partial charge is 0.324 e. The molecule has 0 saturated carbocycles. The highest BCUT2D eigenvalue weighted by molar-refractivity contribution is 7.99. The minimum atomic E-state index is -0.523. The van der Waals surface area contributed by atoms with Crippen molar-refractivity contribution in [2.75, 3.05) is 16.9 Å². The second kappa shape index (κ2) is 9.11. The number of hydrogen-bond donors (Lipinski definition) is 1. The van der Waals surface area contributed by atoms with Crippen molar-refractivity contribution in [3.8, 4) is 16.6 Å². The number of anilines is 1. The SMILES string of the molecule is N#Cc1ccc(NC(=O)C2CSCN2C(=O)Cc2csc(-c3ccccc3)n2)cc1. The Morgan fingerprint density at radius 3 is 2.67 bits per heavy atom. The van der Waals surface area contributed by atoms with Gasteiger partial charge in [-0.3, -0.25) is 9.59 Å². The molecular weight excluding hydrogens is 416 g/mol. The van der Waals surface area contributed by atoms with Crippen molar-refractivity contribution < 1.29 is 9.59 Å². The summed E-state index contributed by atoms with van der Waals surface area (Å²) < 4.78 is 0. The second-order valence-electron chi connectivity index (χ2n) is 6.74. The van der Waals surface area contributed by atoms with Crippen molar-refractivity contribution in [1.82, 2.24) is 9.88 Å². The van der Waals surface area contributed by atoms with Crippen LogP contribution in [0.25, 0.3) is 10.6 Å². The highest BCUT2D eigenvalue weighted by atomic mass is 32.2. The first-order valence-electron chi connectivity index (χ1n) is 9.32. The Labute approximate surface area is 182 Å². The fourth-order valence-corrected chi connectivity index (χ4v) is 5.12. The smallest absolute Gasteiger partial charge is 0.248 e. The van der Waals surface area contributed by atoms with Gasteiger partial charge >= 0.3 is 0 Å². The van der Waals surface area contributed by atoms with E-state index in [-0.39, 0.29) is 18.2 Å². The quantitative estimate of drug-likeness (QED) is 0.661. The van der Waals surface area contributed by atoms with E-state index in [1.165, 1.54) is 11.3 Å². The summed E-state index contributed by atoms with van der Waals surface area (Å²) in [6.45, 7) is 0. The van der Waals surface area contributed by atoms with Gasteiger partial charge in [-0.1, -0.05) is 30.3 Å². The van der Waals surface area contributed by atoms with Gasteiger partial charge in [-0.05, 0) is 24.3 Å². The van der Waals surface area contributed by atoms with Crippen molar-refractivity contribution in [1.29, 1.82) is 5.26 Å². The Morgan fingerprint density at radius 2 is 1.93 bits per heavy atom. The maximum Gasteiger partial charge on any atom is 0.248 e. The van der Waals surface area contributed by atoms with E-state index in [1.54, 1.807) is 40.9 Å². The van der Waals surface area contributed by atoms with Crippen molar-refractivity contribution in [3.05, 3.63) is 71.2 Å². The van der Waals surface area contributed by atoms with Gasteiger partial charge in [0.25, 0.3) is 0 Å². The van der Waals surface area contributed by atoms with Crippen LogP contribution in [-0.4, -0.2) is 39.4 Å². The van der Waals surface area contributed by atoms with Gasteiger partial charge in [0.15, 0.2) is 0 Å². The molecule has 4 rings (SSSR count). The molecule has 150 valence electrons. The summed E-state index contributed by atoms with van der Waals surface area (Å²) >= 11 is 3.07. The average Bonchev–Trinajstić information content (AvgIpc) is 3.45. The molecule has 1 N–H and O–H groups in total. The number of nitrogens with one attached hydrogen (secondary N) is 1. The zero-order chi connectivity index (χ0) is 20.9. The third-order valence-electron chi connectivity index (χ3n) is 4.69. The zero-order valence-corrected chi connectivity index (χ0v) is 17.6. The molecule has 8 heteroatoms. The van der Waals surface area contributed by atoms with E-state index in [1.807, 2.05) is 41.8 Å². The van der Waals surface area contributed by atoms with Crippen molar-refractivity contribution in [2.24, 2.45) is 0 Å². The molecule has 0 bridgehead atoms. The Balaban J connectivity index is 1.40. The van der Waals surface area contributed by atoms with Crippen LogP contribution < -0.4 is 5.32 Å². The van der Waals surface area contributed by atoms with Gasteiger partial charge < -0.3 is 10.2 Å². The molecule has 30 heavy (non-hydrogen) atoms. The van der Waals surface area contributed by atoms with E-state index in [2.05, 4.69) is 10.3 Å². The Kier molecular flexibility index (Phi) is 6.12. The van der Waals surface area contributed by atoms with Crippen LogP contribution in [0.15, 0.2) is 60.0 Å². The second-order valence-corrected chi connectivity index (χ2v) is 8.60. The minimum absolute atomic E-state index is 0.107. The van der Waals surface area contributed by atoms with Gasteiger partial charge in [0, 0.05) is 22.4 Å². The van der Waals surface area contributed by atoms with Crippen LogP contribution in [0.4, 0.5) is 5.69 Å². The molecular formula is C22H18N4O2S2. The number of carbonyl (C=O) groups excluding carboxylic acids is 2. The Hall–Kier alpha value is -3.15. The molecule has 2 heterocycles. The molecule has 1 aliphatic heterocycles. The molecule has 3 aromatic rings. The number of nitriles is 1. The summed E-state index contributed by atoms with van der Waals surface area (Å²) in [5.41, 5.74) is 2.87. The summed E-state index contributed by atoms with van der Waals surface area (Å²) in [6.07, 6.45) is 0.171. The lowest BCUT2D eigenvalue weighted by atomic mass is 10.2. The van der Waals surface area contributed by atoms with E-state index in [9.17, 15) is 9.59 Å². The van der Waals surface area contributed by atoms with Gasteiger partial charge in [0.2, 0.25) is 11.8 Å². The van der Waals surface area contributed by atoms with Gasteiger partial charge in [-0.15, -0.1) is 23.1 Å². The molecule has 1 aliphatic rings. The van der Waals surface area contributed by atoms with Crippen molar-refractivity contribution in [2.45, 2.75) is 12.5 Å². The normalized spacial score (nSPS) is 15.6. The van der Waals surface area contributed by atoms with Crippen molar-refractivity contribution in [3.63, 3.8) is 0 Å². The molecule has 6 nitrogen and oxygen atoms in total. The van der Waals surface area contributed by atoms with Gasteiger partial charge in [0.1, 0.15) is 11.0 Å². The van der Waals surface area contributed by atoms with Crippen molar-refractivity contribution >= 4 is 40.6 Å². The highest BCUT2D eigenvalue weighted by Gasteiger charge is 2.34. The first-order chi connectivity index (χ1) is 14.6. The lowest BCUT2D eigenvalue weighted by Crippen LogP contribution is -2.45. The minimum Gasteiger partial charge on any atom is -0.324 e. The topological polar surface area (TPSA) is 86.1 Å². The lowest BCUT2D eigenvalue weighted by molar-refractivity contribution is -0.135. The highest BCUT2D eigenvalue weighted by Crippen LogP contribution is 2.26. The lowest BCUT2D eigenvalue weighted by Gasteiger charge is -2.22. The summed E-state index contributed by atoms with van der Waals surface area (Å²) in [7, 11) is 0. The third kappa shape index (κ3) is 4.53. The fourth-order valence-electron chi connectivity index (χ4n) is 3.12. The van der Waals surface area contributed by atoms with Gasteiger partial charge in [-0.2, -0.15) is 5.26 Å². The van der Waals surface area contributed by atoms with Gasteiger partial charge in [0.05, 0.1) is 29.6 Å². The van der Waals surface area contributed by atoms with E-state index in [0.717, 1.165) is 10.6 Å². The first-order valence-corrected chi connectivity index (χ1v) is 11.4. The molecule has 2 amide bonds. The first kappa shape index (κ1) is 20.1. The standard InChI is InChI=1S/C22H18N4O2S2/c23-11-15-6-8-17(9-7-15)24-21(28)19-13-29-14-26(19)20(27)10-18-12-30-22(25-18)16-4-2-1-3-5-16/h1-9,12,19H,10,13-14H2,(H,24,28). The number of amides is 2. The molecule has 1 fully saturated rings. The number of thiazole rings is 1.